The van der Waals surface area contributed by atoms with Gasteiger partial charge < -0.3 is 0 Å². The average molecular weight is 337 g/mol. The molecule has 8 heteroatoms. The standard InChI is InChI=1S/C14H13ClN4O2S/c1-2-17-19-12-9-10(15)6-7-13(12)22(20,21)18-14(19)11-5-3-4-8-16-11/h3-9,17H,2H2,1H3. The molecular weight excluding hydrogens is 324 g/mol. The van der Waals surface area contributed by atoms with Gasteiger partial charge in [0.05, 0.1) is 5.69 Å². The van der Waals surface area contributed by atoms with E-state index in [1.807, 2.05) is 6.92 Å². The Morgan fingerprint density at radius 3 is 2.77 bits per heavy atom. The minimum Gasteiger partial charge on any atom is -0.256 e. The highest BCUT2D eigenvalue weighted by molar-refractivity contribution is 7.90. The first-order valence-corrected chi connectivity index (χ1v) is 8.44. The van der Waals surface area contributed by atoms with Gasteiger partial charge in [0.25, 0.3) is 10.0 Å². The van der Waals surface area contributed by atoms with Crippen LogP contribution in [0.5, 0.6) is 0 Å². The topological polar surface area (TPSA) is 74.7 Å². The van der Waals surface area contributed by atoms with Crippen LogP contribution in [0.3, 0.4) is 0 Å². The number of amidine groups is 1. The molecule has 0 unspecified atom stereocenters. The number of rotatable bonds is 3. The van der Waals surface area contributed by atoms with Gasteiger partial charge in [-0.2, -0.15) is 8.42 Å². The third kappa shape index (κ3) is 2.58. The molecule has 0 radical (unpaired) electrons. The SMILES string of the molecule is CCNN1C(c2ccccn2)=NS(=O)(=O)c2ccc(Cl)cc21. The second-order valence-electron chi connectivity index (χ2n) is 4.56. The first kappa shape index (κ1) is 15.0. The molecule has 1 aliphatic heterocycles. The van der Waals surface area contributed by atoms with Crippen molar-refractivity contribution in [2.24, 2.45) is 4.40 Å². The summed E-state index contributed by atoms with van der Waals surface area (Å²) in [7, 11) is -3.80. The van der Waals surface area contributed by atoms with Crippen molar-refractivity contribution in [3.63, 3.8) is 0 Å². The van der Waals surface area contributed by atoms with E-state index in [1.54, 1.807) is 35.5 Å². The maximum absolute atomic E-state index is 12.4. The molecule has 0 fully saturated rings. The fraction of sp³-hybridized carbons (Fsp3) is 0.143. The highest BCUT2D eigenvalue weighted by Crippen LogP contribution is 2.33. The van der Waals surface area contributed by atoms with Crippen molar-refractivity contribution in [1.29, 1.82) is 0 Å². The Morgan fingerprint density at radius 2 is 2.09 bits per heavy atom. The normalized spacial score (nSPS) is 16.1. The number of anilines is 1. The van der Waals surface area contributed by atoms with Crippen LogP contribution >= 0.6 is 11.6 Å². The molecule has 6 nitrogen and oxygen atoms in total. The van der Waals surface area contributed by atoms with Gasteiger partial charge in [-0.3, -0.25) is 9.99 Å². The van der Waals surface area contributed by atoms with Gasteiger partial charge in [-0.15, -0.1) is 4.40 Å². The van der Waals surface area contributed by atoms with Gasteiger partial charge in [-0.25, -0.2) is 5.43 Å². The number of halogens is 1. The maximum atomic E-state index is 12.4. The number of hydrogen-bond donors (Lipinski definition) is 1. The van der Waals surface area contributed by atoms with Crippen molar-refractivity contribution in [1.82, 2.24) is 10.4 Å². The van der Waals surface area contributed by atoms with Crippen molar-refractivity contribution in [2.45, 2.75) is 11.8 Å². The third-order valence-electron chi connectivity index (χ3n) is 3.07. The number of hydrogen-bond acceptors (Lipinski definition) is 5. The fourth-order valence-corrected chi connectivity index (χ4v) is 3.50. The van der Waals surface area contributed by atoms with Gasteiger partial charge >= 0.3 is 0 Å². The Bertz CT molecular complexity index is 837. The van der Waals surface area contributed by atoms with Crippen LogP contribution in [0.1, 0.15) is 12.6 Å². The summed E-state index contributed by atoms with van der Waals surface area (Å²) < 4.78 is 28.7. The van der Waals surface area contributed by atoms with E-state index in [9.17, 15) is 8.42 Å². The molecule has 0 atom stereocenters. The van der Waals surface area contributed by atoms with E-state index >= 15 is 0 Å². The quantitative estimate of drug-likeness (QED) is 0.930. The first-order chi connectivity index (χ1) is 10.5. The number of benzene rings is 1. The van der Waals surface area contributed by atoms with Crippen molar-refractivity contribution >= 4 is 33.1 Å². The van der Waals surface area contributed by atoms with Gasteiger partial charge in [-0.05, 0) is 30.3 Å². The van der Waals surface area contributed by atoms with Crippen molar-refractivity contribution in [3.05, 3.63) is 53.3 Å². The average Bonchev–Trinajstić information content (AvgIpc) is 2.50. The number of nitrogens with zero attached hydrogens (tertiary/aromatic N) is 3. The van der Waals surface area contributed by atoms with Crippen LogP contribution in [0.2, 0.25) is 5.02 Å². The Morgan fingerprint density at radius 1 is 1.27 bits per heavy atom. The Balaban J connectivity index is 2.24. The summed E-state index contributed by atoms with van der Waals surface area (Å²) >= 11 is 6.02. The highest BCUT2D eigenvalue weighted by atomic mass is 35.5. The Hall–Kier alpha value is -1.96. The van der Waals surface area contributed by atoms with Crippen molar-refractivity contribution in [2.75, 3.05) is 11.6 Å². The van der Waals surface area contributed by atoms with Crippen LogP contribution < -0.4 is 10.4 Å². The molecule has 0 saturated carbocycles. The third-order valence-corrected chi connectivity index (χ3v) is 4.62. The van der Waals surface area contributed by atoms with Crippen LogP contribution in [-0.4, -0.2) is 25.8 Å². The number of fused-ring (bicyclic) bond motifs is 1. The second kappa shape index (κ2) is 5.68. The second-order valence-corrected chi connectivity index (χ2v) is 6.57. The van der Waals surface area contributed by atoms with Crippen LogP contribution in [0.4, 0.5) is 5.69 Å². The van der Waals surface area contributed by atoms with E-state index in [1.165, 1.54) is 12.1 Å². The minimum atomic E-state index is -3.80. The first-order valence-electron chi connectivity index (χ1n) is 6.62. The lowest BCUT2D eigenvalue weighted by atomic mass is 10.2. The van der Waals surface area contributed by atoms with Gasteiger partial charge in [0.2, 0.25) is 0 Å². The highest BCUT2D eigenvalue weighted by Gasteiger charge is 2.32. The smallest absolute Gasteiger partial charge is 0.256 e. The number of sulfonamides is 1. The van der Waals surface area contributed by atoms with Crippen LogP contribution in [0, 0.1) is 0 Å². The largest absolute Gasteiger partial charge is 0.286 e. The van der Waals surface area contributed by atoms with Crippen LogP contribution in [0.15, 0.2) is 51.9 Å². The predicted octanol–water partition coefficient (Wildman–Crippen LogP) is 2.21. The summed E-state index contributed by atoms with van der Waals surface area (Å²) in [6.45, 7) is 2.49. The molecule has 2 heterocycles. The van der Waals surface area contributed by atoms with Gasteiger partial charge in [0, 0.05) is 17.8 Å². The number of hydrazine groups is 1. The summed E-state index contributed by atoms with van der Waals surface area (Å²) in [4.78, 5) is 4.29. The molecule has 2 aromatic rings. The van der Waals surface area contributed by atoms with E-state index in [0.717, 1.165) is 0 Å². The molecule has 1 aromatic carbocycles. The van der Waals surface area contributed by atoms with E-state index < -0.39 is 10.0 Å². The van der Waals surface area contributed by atoms with Crippen molar-refractivity contribution in [3.8, 4) is 0 Å². The van der Waals surface area contributed by atoms with E-state index in [-0.39, 0.29) is 10.7 Å². The molecule has 3 rings (SSSR count). The molecule has 1 N–H and O–H groups in total. The minimum absolute atomic E-state index is 0.109. The van der Waals surface area contributed by atoms with Gasteiger partial charge in [0.15, 0.2) is 5.84 Å². The molecule has 0 saturated heterocycles. The molecule has 0 bridgehead atoms. The fourth-order valence-electron chi connectivity index (χ4n) is 2.18. The van der Waals surface area contributed by atoms with Crippen LogP contribution in [0.25, 0.3) is 0 Å². The molecule has 114 valence electrons. The monoisotopic (exact) mass is 336 g/mol. The van der Waals surface area contributed by atoms with E-state index in [0.29, 0.717) is 22.9 Å². The number of pyridine rings is 1. The number of aromatic nitrogens is 1. The summed E-state index contributed by atoms with van der Waals surface area (Å²) in [5, 5.41) is 2.05. The summed E-state index contributed by atoms with van der Waals surface area (Å²) in [5.74, 6) is 0.220. The molecule has 0 amide bonds. The zero-order valence-electron chi connectivity index (χ0n) is 11.7. The lowest BCUT2D eigenvalue weighted by Crippen LogP contribution is -2.46. The van der Waals surface area contributed by atoms with Crippen LogP contribution in [-0.2, 0) is 10.0 Å². The number of nitrogens with one attached hydrogen (secondary N) is 1. The summed E-state index contributed by atoms with van der Waals surface area (Å²) in [5.41, 5.74) is 3.99. The molecular formula is C14H13ClN4O2S. The zero-order valence-corrected chi connectivity index (χ0v) is 13.3. The summed E-state index contributed by atoms with van der Waals surface area (Å²) in [6.07, 6.45) is 1.59. The van der Waals surface area contributed by atoms with Crippen molar-refractivity contribution < 1.29 is 8.42 Å². The molecule has 0 spiro atoms. The Labute approximate surface area is 133 Å². The molecule has 1 aliphatic rings. The predicted molar refractivity (Wildman–Crippen MR) is 85.6 cm³/mol. The van der Waals surface area contributed by atoms with E-state index in [4.69, 9.17) is 11.6 Å². The molecule has 0 aliphatic carbocycles. The lowest BCUT2D eigenvalue weighted by molar-refractivity contribution is 0.595. The van der Waals surface area contributed by atoms with Gasteiger partial charge in [0.1, 0.15) is 10.6 Å². The summed E-state index contributed by atoms with van der Waals surface area (Å²) in [6, 6.07) is 9.81. The zero-order chi connectivity index (χ0) is 15.7. The lowest BCUT2D eigenvalue weighted by Gasteiger charge is -2.30. The molecule has 22 heavy (non-hydrogen) atoms. The molecule has 1 aromatic heterocycles. The van der Waals surface area contributed by atoms with Gasteiger partial charge in [-0.1, -0.05) is 24.6 Å². The van der Waals surface area contributed by atoms with E-state index in [2.05, 4.69) is 14.8 Å². The maximum Gasteiger partial charge on any atom is 0.286 e. The Kier molecular flexibility index (Phi) is 3.86.